The van der Waals surface area contributed by atoms with Crippen molar-refractivity contribution >= 4 is 11.6 Å². The summed E-state index contributed by atoms with van der Waals surface area (Å²) in [5, 5.41) is 13.1. The molecule has 9 heteroatoms. The molecule has 2 saturated heterocycles. The van der Waals surface area contributed by atoms with Gasteiger partial charge < -0.3 is 29.2 Å². The lowest BCUT2D eigenvalue weighted by Crippen LogP contribution is -2.33. The van der Waals surface area contributed by atoms with Crippen molar-refractivity contribution in [1.29, 1.82) is 5.26 Å². The second-order valence-corrected chi connectivity index (χ2v) is 10.9. The molecule has 5 rings (SSSR count). The topological polar surface area (TPSA) is 102 Å². The van der Waals surface area contributed by atoms with Crippen LogP contribution >= 0.6 is 0 Å². The average Bonchev–Trinajstić information content (AvgIpc) is 3.04. The quantitative estimate of drug-likeness (QED) is 0.254. The Morgan fingerprint density at radius 1 is 1.02 bits per heavy atom. The SMILES string of the molecule is CCN1CCC(CCCOc2cc(Nc3nccc(-c4ccc(OC5CCOCC5)c(C#N)c4)n3)ccc2OC)CC1. The second kappa shape index (κ2) is 14.9. The number of hydrogen-bond acceptors (Lipinski definition) is 9. The fourth-order valence-corrected chi connectivity index (χ4v) is 5.57. The smallest absolute Gasteiger partial charge is 0.227 e. The van der Waals surface area contributed by atoms with E-state index in [9.17, 15) is 5.26 Å². The molecule has 0 radical (unpaired) electrons. The molecule has 1 aromatic heterocycles. The van der Waals surface area contributed by atoms with E-state index in [1.54, 1.807) is 13.3 Å². The summed E-state index contributed by atoms with van der Waals surface area (Å²) in [5.74, 6) is 3.21. The fraction of sp³-hybridized carbons (Fsp3) is 0.485. The van der Waals surface area contributed by atoms with Gasteiger partial charge in [0.05, 0.1) is 38.2 Å². The summed E-state index contributed by atoms with van der Waals surface area (Å²) in [6.07, 6.45) is 8.18. The molecule has 222 valence electrons. The number of nitriles is 1. The van der Waals surface area contributed by atoms with Gasteiger partial charge in [0.2, 0.25) is 5.95 Å². The number of anilines is 2. The van der Waals surface area contributed by atoms with E-state index >= 15 is 0 Å². The Morgan fingerprint density at radius 2 is 1.83 bits per heavy atom. The highest BCUT2D eigenvalue weighted by Gasteiger charge is 2.19. The summed E-state index contributed by atoms with van der Waals surface area (Å²) >= 11 is 0. The van der Waals surface area contributed by atoms with Crippen molar-refractivity contribution in [3.63, 3.8) is 0 Å². The van der Waals surface area contributed by atoms with E-state index in [0.29, 0.717) is 54.3 Å². The average molecular weight is 572 g/mol. The number of aromatic nitrogens is 2. The fourth-order valence-electron chi connectivity index (χ4n) is 5.57. The summed E-state index contributed by atoms with van der Waals surface area (Å²) in [7, 11) is 1.65. The molecular weight excluding hydrogens is 530 g/mol. The van der Waals surface area contributed by atoms with Gasteiger partial charge in [0.15, 0.2) is 11.5 Å². The van der Waals surface area contributed by atoms with E-state index in [1.807, 2.05) is 42.5 Å². The van der Waals surface area contributed by atoms with E-state index in [0.717, 1.165) is 43.0 Å². The monoisotopic (exact) mass is 571 g/mol. The number of nitrogens with one attached hydrogen (secondary N) is 1. The molecule has 2 fully saturated rings. The van der Waals surface area contributed by atoms with Crippen LogP contribution in [-0.2, 0) is 4.74 Å². The van der Waals surface area contributed by atoms with Crippen molar-refractivity contribution in [2.75, 3.05) is 51.9 Å². The zero-order chi connectivity index (χ0) is 29.1. The van der Waals surface area contributed by atoms with Crippen LogP contribution in [0.4, 0.5) is 11.6 Å². The Balaban J connectivity index is 1.20. The minimum atomic E-state index is 0.0638. The van der Waals surface area contributed by atoms with Crippen molar-refractivity contribution in [3.05, 3.63) is 54.2 Å². The van der Waals surface area contributed by atoms with Crippen molar-refractivity contribution in [2.24, 2.45) is 5.92 Å². The maximum Gasteiger partial charge on any atom is 0.227 e. The van der Waals surface area contributed by atoms with Gasteiger partial charge in [-0.2, -0.15) is 5.26 Å². The third-order valence-electron chi connectivity index (χ3n) is 8.10. The molecule has 1 N–H and O–H groups in total. The lowest BCUT2D eigenvalue weighted by molar-refractivity contribution is 0.0254. The normalized spacial score (nSPS) is 16.5. The molecule has 2 aliphatic rings. The summed E-state index contributed by atoms with van der Waals surface area (Å²) in [6, 6.07) is 15.4. The van der Waals surface area contributed by atoms with E-state index in [4.69, 9.17) is 23.9 Å². The molecule has 3 aromatic rings. The van der Waals surface area contributed by atoms with Crippen LogP contribution in [-0.4, -0.2) is 67.5 Å². The molecule has 0 saturated carbocycles. The molecule has 42 heavy (non-hydrogen) atoms. The van der Waals surface area contributed by atoms with Crippen molar-refractivity contribution < 1.29 is 18.9 Å². The van der Waals surface area contributed by atoms with E-state index < -0.39 is 0 Å². The Labute approximate surface area is 248 Å². The highest BCUT2D eigenvalue weighted by atomic mass is 16.5. The van der Waals surface area contributed by atoms with E-state index in [1.165, 1.54) is 32.4 Å². The summed E-state index contributed by atoms with van der Waals surface area (Å²) in [6.45, 7) is 7.82. The molecule has 9 nitrogen and oxygen atoms in total. The van der Waals surface area contributed by atoms with Crippen LogP contribution in [0.25, 0.3) is 11.3 Å². The third-order valence-corrected chi connectivity index (χ3v) is 8.10. The summed E-state index contributed by atoms with van der Waals surface area (Å²) in [5.41, 5.74) is 2.80. The first kappa shape index (κ1) is 29.6. The van der Waals surface area contributed by atoms with Gasteiger partial charge in [-0.1, -0.05) is 6.92 Å². The van der Waals surface area contributed by atoms with Gasteiger partial charge in [-0.15, -0.1) is 0 Å². The lowest BCUT2D eigenvalue weighted by atomic mass is 9.92. The number of ether oxygens (including phenoxy) is 4. The maximum atomic E-state index is 9.78. The number of likely N-dealkylation sites (tertiary alicyclic amines) is 1. The Kier molecular flexibility index (Phi) is 10.5. The molecule has 0 amide bonds. The molecule has 0 bridgehead atoms. The highest BCUT2D eigenvalue weighted by Crippen LogP contribution is 2.32. The number of rotatable bonds is 12. The van der Waals surface area contributed by atoms with Crippen LogP contribution in [0.1, 0.15) is 51.0 Å². The highest BCUT2D eigenvalue weighted by molar-refractivity contribution is 5.66. The van der Waals surface area contributed by atoms with E-state index in [2.05, 4.69) is 28.2 Å². The predicted molar refractivity (Wildman–Crippen MR) is 162 cm³/mol. The lowest BCUT2D eigenvalue weighted by Gasteiger charge is -2.31. The Bertz CT molecular complexity index is 1350. The van der Waals surface area contributed by atoms with Crippen LogP contribution in [0, 0.1) is 17.2 Å². The van der Waals surface area contributed by atoms with Gasteiger partial charge in [-0.25, -0.2) is 9.97 Å². The minimum absolute atomic E-state index is 0.0638. The number of piperidine rings is 1. The molecule has 3 heterocycles. The number of methoxy groups -OCH3 is 1. The van der Waals surface area contributed by atoms with Crippen LogP contribution in [0.5, 0.6) is 17.2 Å². The molecule has 0 aliphatic carbocycles. The number of hydrogen-bond donors (Lipinski definition) is 1. The number of benzene rings is 2. The minimum Gasteiger partial charge on any atom is -0.493 e. The largest absolute Gasteiger partial charge is 0.493 e. The number of nitrogens with zero attached hydrogens (tertiary/aromatic N) is 4. The Morgan fingerprint density at radius 3 is 2.60 bits per heavy atom. The van der Waals surface area contributed by atoms with Gasteiger partial charge in [-0.3, -0.25) is 0 Å². The van der Waals surface area contributed by atoms with Gasteiger partial charge >= 0.3 is 0 Å². The summed E-state index contributed by atoms with van der Waals surface area (Å²) in [4.78, 5) is 11.6. The van der Waals surface area contributed by atoms with Crippen molar-refractivity contribution in [2.45, 2.75) is 51.6 Å². The van der Waals surface area contributed by atoms with Gasteiger partial charge in [0.25, 0.3) is 0 Å². The van der Waals surface area contributed by atoms with E-state index in [-0.39, 0.29) is 6.10 Å². The first-order valence-corrected chi connectivity index (χ1v) is 15.1. The Hall–Kier alpha value is -3.87. The first-order valence-electron chi connectivity index (χ1n) is 15.1. The van der Waals surface area contributed by atoms with Crippen LogP contribution in [0.3, 0.4) is 0 Å². The molecule has 0 unspecified atom stereocenters. The van der Waals surface area contributed by atoms with Crippen molar-refractivity contribution in [3.8, 4) is 34.6 Å². The first-order chi connectivity index (χ1) is 20.6. The van der Waals surface area contributed by atoms with Gasteiger partial charge in [0, 0.05) is 36.4 Å². The molecular formula is C33H41N5O4. The third kappa shape index (κ3) is 7.90. The molecule has 0 atom stereocenters. The maximum absolute atomic E-state index is 9.78. The molecule has 0 spiro atoms. The molecule has 2 aromatic carbocycles. The predicted octanol–water partition coefficient (Wildman–Crippen LogP) is 6.22. The zero-order valence-corrected chi connectivity index (χ0v) is 24.7. The van der Waals surface area contributed by atoms with Gasteiger partial charge in [-0.05, 0) is 87.6 Å². The summed E-state index contributed by atoms with van der Waals surface area (Å²) < 4.78 is 23.2. The van der Waals surface area contributed by atoms with Crippen LogP contribution in [0.15, 0.2) is 48.7 Å². The van der Waals surface area contributed by atoms with Crippen LogP contribution in [0.2, 0.25) is 0 Å². The molecule has 2 aliphatic heterocycles. The van der Waals surface area contributed by atoms with Crippen LogP contribution < -0.4 is 19.5 Å². The van der Waals surface area contributed by atoms with Crippen molar-refractivity contribution in [1.82, 2.24) is 14.9 Å². The van der Waals surface area contributed by atoms with Gasteiger partial charge in [0.1, 0.15) is 17.9 Å². The zero-order valence-electron chi connectivity index (χ0n) is 24.7. The second-order valence-electron chi connectivity index (χ2n) is 10.9. The standard InChI is InChI=1S/C33H41N5O4/c1-3-38-16-11-24(12-17-38)5-4-18-41-32-22-27(7-9-31(32)39-2)36-33-35-15-10-29(37-33)25-6-8-30(26(21-25)23-34)42-28-13-19-40-20-14-28/h6-10,15,21-22,24,28H,3-5,11-14,16-20H2,1-2H3,(H,35,36,37).